The van der Waals surface area contributed by atoms with Crippen molar-refractivity contribution in [3.63, 3.8) is 0 Å². The van der Waals surface area contributed by atoms with Gasteiger partial charge in [-0.2, -0.15) is 0 Å². The fraction of sp³-hybridized carbons (Fsp3) is 0.455. The Bertz CT molecular complexity index is 435. The molecule has 2 rings (SSSR count). The predicted octanol–water partition coefficient (Wildman–Crippen LogP) is 2.21. The molecule has 0 saturated heterocycles. The second-order valence-corrected chi connectivity index (χ2v) is 4.42. The van der Waals surface area contributed by atoms with E-state index in [-0.39, 0.29) is 18.3 Å². The number of hydrogen-bond donors (Lipinski definition) is 1. The molecular weight excluding hydrogens is 244 g/mol. The zero-order valence-corrected chi connectivity index (χ0v) is 9.93. The molecule has 0 aliphatic heterocycles. The van der Waals surface area contributed by atoms with Crippen LogP contribution in [0.3, 0.4) is 0 Å². The summed E-state index contributed by atoms with van der Waals surface area (Å²) in [5.74, 6) is 0. The molecule has 1 aliphatic rings. The fourth-order valence-electron chi connectivity index (χ4n) is 1.91. The van der Waals surface area contributed by atoms with Crippen molar-refractivity contribution in [1.82, 2.24) is 0 Å². The highest BCUT2D eigenvalue weighted by Gasteiger charge is 2.33. The van der Waals surface area contributed by atoms with Crippen molar-refractivity contribution in [3.05, 3.63) is 33.3 Å². The van der Waals surface area contributed by atoms with Crippen LogP contribution in [0.2, 0.25) is 5.02 Å². The molecule has 1 aliphatic carbocycles. The largest absolute Gasteiger partial charge is 0.395 e. The van der Waals surface area contributed by atoms with Crippen molar-refractivity contribution < 1.29 is 10.0 Å². The molecule has 0 radical (unpaired) electrons. The van der Waals surface area contributed by atoms with Gasteiger partial charge in [0.2, 0.25) is 0 Å². The molecule has 0 aromatic heterocycles. The molecular formula is C11H13ClN2O3. The van der Waals surface area contributed by atoms with E-state index < -0.39 is 4.92 Å². The van der Waals surface area contributed by atoms with E-state index in [1.165, 1.54) is 6.07 Å². The van der Waals surface area contributed by atoms with Crippen molar-refractivity contribution in [1.29, 1.82) is 0 Å². The third-order valence-electron chi connectivity index (χ3n) is 2.78. The Morgan fingerprint density at radius 3 is 2.76 bits per heavy atom. The van der Waals surface area contributed by atoms with Crippen LogP contribution in [-0.2, 0) is 0 Å². The Hall–Kier alpha value is -1.33. The van der Waals surface area contributed by atoms with Crippen molar-refractivity contribution in [2.24, 2.45) is 0 Å². The SMILES string of the molecule is O=[N+]([O-])c1cccc(Cl)c1N(CCO)C1CC1. The molecule has 0 bridgehead atoms. The molecule has 0 unspecified atom stereocenters. The maximum atomic E-state index is 11.0. The van der Waals surface area contributed by atoms with E-state index in [9.17, 15) is 10.1 Å². The van der Waals surface area contributed by atoms with Gasteiger partial charge in [-0.3, -0.25) is 10.1 Å². The van der Waals surface area contributed by atoms with Gasteiger partial charge in [0.15, 0.2) is 0 Å². The highest BCUT2D eigenvalue weighted by Crippen LogP contribution is 2.41. The topological polar surface area (TPSA) is 66.6 Å². The second kappa shape index (κ2) is 4.89. The highest BCUT2D eigenvalue weighted by molar-refractivity contribution is 6.33. The molecule has 6 heteroatoms. The number of aliphatic hydroxyl groups is 1. The standard InChI is InChI=1S/C11H13ClN2O3/c12-9-2-1-3-10(14(16)17)11(9)13(6-7-15)8-4-5-8/h1-3,8,15H,4-7H2. The van der Waals surface area contributed by atoms with Crippen LogP contribution >= 0.6 is 11.6 Å². The van der Waals surface area contributed by atoms with Gasteiger partial charge < -0.3 is 10.0 Å². The summed E-state index contributed by atoms with van der Waals surface area (Å²) in [6.45, 7) is 0.327. The third-order valence-corrected chi connectivity index (χ3v) is 3.08. The van der Waals surface area contributed by atoms with Crippen LogP contribution in [0.5, 0.6) is 0 Å². The van der Waals surface area contributed by atoms with Crippen LogP contribution in [0.25, 0.3) is 0 Å². The molecule has 1 fully saturated rings. The lowest BCUT2D eigenvalue weighted by atomic mass is 10.2. The molecule has 1 aromatic carbocycles. The van der Waals surface area contributed by atoms with E-state index in [0.717, 1.165) is 12.8 Å². The summed E-state index contributed by atoms with van der Waals surface area (Å²) in [7, 11) is 0. The lowest BCUT2D eigenvalue weighted by Gasteiger charge is -2.24. The lowest BCUT2D eigenvalue weighted by Crippen LogP contribution is -2.29. The monoisotopic (exact) mass is 256 g/mol. The van der Waals surface area contributed by atoms with Gasteiger partial charge in [0.1, 0.15) is 5.69 Å². The van der Waals surface area contributed by atoms with Crippen LogP contribution in [0.4, 0.5) is 11.4 Å². The first-order chi connectivity index (χ1) is 8.15. The summed E-state index contributed by atoms with van der Waals surface area (Å²) in [5.41, 5.74) is 0.425. The molecule has 17 heavy (non-hydrogen) atoms. The van der Waals surface area contributed by atoms with Gasteiger partial charge in [0.25, 0.3) is 5.69 Å². The van der Waals surface area contributed by atoms with Gasteiger partial charge in [0, 0.05) is 18.7 Å². The molecule has 92 valence electrons. The minimum Gasteiger partial charge on any atom is -0.395 e. The first-order valence-electron chi connectivity index (χ1n) is 5.45. The molecule has 1 saturated carbocycles. The van der Waals surface area contributed by atoms with Crippen LogP contribution in [0.1, 0.15) is 12.8 Å². The summed E-state index contributed by atoms with van der Waals surface area (Å²) in [4.78, 5) is 12.4. The summed E-state index contributed by atoms with van der Waals surface area (Å²) in [6, 6.07) is 4.90. The van der Waals surface area contributed by atoms with Crippen LogP contribution in [0.15, 0.2) is 18.2 Å². The average Bonchev–Trinajstić information content (AvgIpc) is 3.10. The number of nitro benzene ring substituents is 1. The van der Waals surface area contributed by atoms with Crippen molar-refractivity contribution >= 4 is 23.0 Å². The van der Waals surface area contributed by atoms with Gasteiger partial charge >= 0.3 is 0 Å². The third kappa shape index (κ3) is 2.50. The van der Waals surface area contributed by atoms with E-state index in [1.807, 2.05) is 4.90 Å². The quantitative estimate of drug-likeness (QED) is 0.648. The smallest absolute Gasteiger partial charge is 0.294 e. The van der Waals surface area contributed by atoms with Crippen LogP contribution in [0, 0.1) is 10.1 Å². The fourth-order valence-corrected chi connectivity index (χ4v) is 2.18. The number of aliphatic hydroxyl groups excluding tert-OH is 1. The molecule has 1 aromatic rings. The minimum absolute atomic E-state index is 0.00199. The molecule has 0 atom stereocenters. The Balaban J connectivity index is 2.43. The van der Waals surface area contributed by atoms with Crippen molar-refractivity contribution in [2.75, 3.05) is 18.1 Å². The molecule has 5 nitrogen and oxygen atoms in total. The minimum atomic E-state index is -0.437. The number of nitrogens with zero attached hydrogens (tertiary/aromatic N) is 2. The normalized spacial score (nSPS) is 14.7. The van der Waals surface area contributed by atoms with E-state index in [1.54, 1.807) is 12.1 Å². The predicted molar refractivity (Wildman–Crippen MR) is 65.6 cm³/mol. The number of benzene rings is 1. The average molecular weight is 257 g/mol. The van der Waals surface area contributed by atoms with Gasteiger partial charge in [-0.05, 0) is 18.9 Å². The summed E-state index contributed by atoms with van der Waals surface area (Å²) >= 11 is 6.05. The maximum Gasteiger partial charge on any atom is 0.294 e. The van der Waals surface area contributed by atoms with Gasteiger partial charge in [-0.1, -0.05) is 17.7 Å². The molecule has 0 heterocycles. The molecule has 0 spiro atoms. The maximum absolute atomic E-state index is 11.0. The van der Waals surface area contributed by atoms with Gasteiger partial charge in [0.05, 0.1) is 16.6 Å². The zero-order valence-electron chi connectivity index (χ0n) is 9.17. The van der Waals surface area contributed by atoms with Gasteiger partial charge in [-0.25, -0.2) is 0 Å². The van der Waals surface area contributed by atoms with Crippen LogP contribution < -0.4 is 4.90 Å². The van der Waals surface area contributed by atoms with Crippen molar-refractivity contribution in [2.45, 2.75) is 18.9 Å². The number of halogens is 1. The number of para-hydroxylation sites is 1. The highest BCUT2D eigenvalue weighted by atomic mass is 35.5. The van der Waals surface area contributed by atoms with Gasteiger partial charge in [-0.15, -0.1) is 0 Å². The van der Waals surface area contributed by atoms with E-state index in [0.29, 0.717) is 17.3 Å². The lowest BCUT2D eigenvalue weighted by molar-refractivity contribution is -0.384. The Morgan fingerprint density at radius 1 is 1.53 bits per heavy atom. The van der Waals surface area contributed by atoms with E-state index in [2.05, 4.69) is 0 Å². The first-order valence-corrected chi connectivity index (χ1v) is 5.83. The molecule has 1 N–H and O–H groups in total. The van der Waals surface area contributed by atoms with Crippen molar-refractivity contribution in [3.8, 4) is 0 Å². The summed E-state index contributed by atoms with van der Waals surface area (Å²) < 4.78 is 0. The van der Waals surface area contributed by atoms with E-state index in [4.69, 9.17) is 16.7 Å². The zero-order chi connectivity index (χ0) is 12.4. The number of hydrogen-bond acceptors (Lipinski definition) is 4. The first kappa shape index (κ1) is 12.1. The number of rotatable bonds is 5. The Labute approximate surface area is 104 Å². The Kier molecular flexibility index (Phi) is 3.49. The summed E-state index contributed by atoms with van der Waals surface area (Å²) in [6.07, 6.45) is 1.98. The van der Waals surface area contributed by atoms with E-state index >= 15 is 0 Å². The second-order valence-electron chi connectivity index (χ2n) is 4.01. The molecule has 0 amide bonds. The number of nitro groups is 1. The number of anilines is 1. The Morgan fingerprint density at radius 2 is 2.24 bits per heavy atom. The summed E-state index contributed by atoms with van der Waals surface area (Å²) in [5, 5.41) is 20.4. The van der Waals surface area contributed by atoms with Crippen LogP contribution in [-0.4, -0.2) is 29.2 Å².